The highest BCUT2D eigenvalue weighted by molar-refractivity contribution is 6.78. The normalized spacial score (nSPS) is 20.9. The van der Waals surface area contributed by atoms with Gasteiger partial charge in [0.1, 0.15) is 24.2 Å². The van der Waals surface area contributed by atoms with Crippen molar-refractivity contribution in [3.05, 3.63) is 52.4 Å². The van der Waals surface area contributed by atoms with Gasteiger partial charge in [0, 0.05) is 6.20 Å². The quantitative estimate of drug-likeness (QED) is 0.0984. The van der Waals surface area contributed by atoms with Crippen LogP contribution in [-0.2, 0) is 13.6 Å². The van der Waals surface area contributed by atoms with Gasteiger partial charge in [-0.3, -0.25) is 15.1 Å². The van der Waals surface area contributed by atoms with E-state index in [-0.39, 0.29) is 11.8 Å². The lowest BCUT2D eigenvalue weighted by Crippen LogP contribution is -2.59. The Kier molecular flexibility index (Phi) is 11.9. The van der Waals surface area contributed by atoms with Gasteiger partial charge in [0.05, 0.1) is 16.6 Å². The van der Waals surface area contributed by atoms with Crippen molar-refractivity contribution in [2.24, 2.45) is 0 Å². The summed E-state index contributed by atoms with van der Waals surface area (Å²) >= 11 is 0. The lowest BCUT2D eigenvalue weighted by molar-refractivity contribution is -0.385. The van der Waals surface area contributed by atoms with Crippen LogP contribution in [0, 0.1) is 10.1 Å². The number of hydrogen-bond donors (Lipinski definition) is 0. The van der Waals surface area contributed by atoms with Gasteiger partial charge in [0.2, 0.25) is 16.6 Å². The third-order valence-corrected chi connectivity index (χ3v) is 21.2. The molecule has 7 nitrogen and oxygen atoms in total. The first-order valence-corrected chi connectivity index (χ1v) is 19.3. The van der Waals surface area contributed by atoms with E-state index in [0.717, 1.165) is 0 Å². The van der Waals surface area contributed by atoms with Gasteiger partial charge in [0.15, 0.2) is 0 Å². The monoisotopic (exact) mass is 590 g/mol. The Balaban J connectivity index is 2.88. The smallest absolute Gasteiger partial charge is 0.298 e. The zero-order valence-corrected chi connectivity index (χ0v) is 29.1. The van der Waals surface area contributed by atoms with Crippen LogP contribution in [0.25, 0.3) is 5.76 Å². The van der Waals surface area contributed by atoms with Crippen LogP contribution in [0.2, 0.25) is 33.2 Å². The molecule has 0 N–H and O–H groups in total. The second-order valence-corrected chi connectivity index (χ2v) is 23.9. The summed E-state index contributed by atoms with van der Waals surface area (Å²) in [7, 11) is -4.71. The maximum atomic E-state index is 12.0. The SMILES string of the molecule is CC=C[C@H]1OC(c2ccncc2[N+](=O)[O-])=C[C@@H](O[Si](C(C)C)(C(C)C)C(C)C)[C@@H]1O[Si](C(C)C)(C(C)C)C(C)C. The molecule has 0 aliphatic carbocycles. The summed E-state index contributed by atoms with van der Waals surface area (Å²) in [4.78, 5) is 15.6. The molecule has 0 unspecified atom stereocenters. The summed E-state index contributed by atoms with van der Waals surface area (Å²) < 4.78 is 21.5. The highest BCUT2D eigenvalue weighted by atomic mass is 28.4. The van der Waals surface area contributed by atoms with Crippen molar-refractivity contribution in [3.8, 4) is 0 Å². The highest BCUT2D eigenvalue weighted by Crippen LogP contribution is 2.48. The van der Waals surface area contributed by atoms with Gasteiger partial charge < -0.3 is 13.6 Å². The molecule has 0 fully saturated rings. The van der Waals surface area contributed by atoms with Crippen molar-refractivity contribution in [3.63, 3.8) is 0 Å². The fourth-order valence-electron chi connectivity index (χ4n) is 7.44. The average molecular weight is 591 g/mol. The number of nitrogens with zero attached hydrogens (tertiary/aromatic N) is 2. The van der Waals surface area contributed by atoms with Crippen LogP contribution in [0.4, 0.5) is 5.69 Å². The van der Waals surface area contributed by atoms with Gasteiger partial charge in [-0.15, -0.1) is 0 Å². The number of rotatable bonds is 13. The van der Waals surface area contributed by atoms with E-state index in [2.05, 4.69) is 88.1 Å². The van der Waals surface area contributed by atoms with Gasteiger partial charge in [0.25, 0.3) is 5.69 Å². The third kappa shape index (κ3) is 6.63. The van der Waals surface area contributed by atoms with Gasteiger partial charge in [-0.1, -0.05) is 89.2 Å². The van der Waals surface area contributed by atoms with Crippen LogP contribution >= 0.6 is 0 Å². The van der Waals surface area contributed by atoms with E-state index in [9.17, 15) is 10.1 Å². The standard InChI is InChI=1S/C31H54N2O5Si2/c1-14-15-28-31(38-40(23(8)9,24(10)11)25(12)13)30(37-39(20(2)3,21(4)5)22(6)7)18-29(36-28)26-16-17-32-19-27(26)33(34)35/h14-25,28,30-31H,1-13H3/t28-,30-,31-/m1/s1. The molecule has 1 aromatic rings. The van der Waals surface area contributed by atoms with Gasteiger partial charge >= 0.3 is 0 Å². The van der Waals surface area contributed by atoms with Gasteiger partial charge in [-0.25, -0.2) is 0 Å². The topological polar surface area (TPSA) is 83.7 Å². The summed E-state index contributed by atoms with van der Waals surface area (Å²) in [6.07, 6.45) is 7.56. The lowest BCUT2D eigenvalue weighted by Gasteiger charge is -2.51. The fraction of sp³-hybridized carbons (Fsp3) is 0.710. The van der Waals surface area contributed by atoms with E-state index in [1.54, 1.807) is 12.3 Å². The number of ether oxygens (including phenoxy) is 1. The van der Waals surface area contributed by atoms with Crippen LogP contribution in [-0.4, -0.2) is 44.9 Å². The molecule has 0 saturated heterocycles. The van der Waals surface area contributed by atoms with Crippen LogP contribution in [0.3, 0.4) is 0 Å². The van der Waals surface area contributed by atoms with Crippen LogP contribution in [0.1, 0.15) is 95.6 Å². The number of hydrogen-bond acceptors (Lipinski definition) is 6. The summed E-state index contributed by atoms with van der Waals surface area (Å²) in [5, 5.41) is 12.0. The first kappa shape index (κ1) is 34.4. The molecule has 1 aliphatic rings. The molecule has 1 aliphatic heterocycles. The molecular weight excluding hydrogens is 537 g/mol. The number of aromatic nitrogens is 1. The van der Waals surface area contributed by atoms with E-state index in [1.807, 2.05) is 25.2 Å². The molecule has 2 heterocycles. The van der Waals surface area contributed by atoms with Crippen molar-refractivity contribution in [2.75, 3.05) is 0 Å². The van der Waals surface area contributed by atoms with Crippen LogP contribution < -0.4 is 0 Å². The molecule has 9 heteroatoms. The molecule has 1 aromatic heterocycles. The lowest BCUT2D eigenvalue weighted by atomic mass is 10.0. The average Bonchev–Trinajstić information content (AvgIpc) is 2.85. The zero-order valence-electron chi connectivity index (χ0n) is 27.1. The predicted octanol–water partition coefficient (Wildman–Crippen LogP) is 9.43. The van der Waals surface area contributed by atoms with Crippen LogP contribution in [0.15, 0.2) is 36.7 Å². The van der Waals surface area contributed by atoms with E-state index in [1.165, 1.54) is 6.20 Å². The summed E-state index contributed by atoms with van der Waals surface area (Å²) in [6.45, 7) is 29.3. The van der Waals surface area contributed by atoms with E-state index >= 15 is 0 Å². The molecule has 0 bridgehead atoms. The highest BCUT2D eigenvalue weighted by Gasteiger charge is 2.53. The van der Waals surface area contributed by atoms with Crippen molar-refractivity contribution >= 4 is 28.1 Å². The minimum absolute atomic E-state index is 0.0820. The van der Waals surface area contributed by atoms with E-state index in [4.69, 9.17) is 13.6 Å². The minimum Gasteiger partial charge on any atom is -0.483 e. The number of allylic oxidation sites excluding steroid dienone is 1. The maximum Gasteiger partial charge on any atom is 0.298 e. The van der Waals surface area contributed by atoms with Crippen LogP contribution in [0.5, 0.6) is 0 Å². The van der Waals surface area contributed by atoms with Crippen molar-refractivity contribution in [1.29, 1.82) is 0 Å². The summed E-state index contributed by atoms with van der Waals surface area (Å²) in [6, 6.07) is 1.66. The van der Waals surface area contributed by atoms with Gasteiger partial charge in [-0.05, 0) is 58.4 Å². The Morgan fingerprint density at radius 2 is 1.35 bits per heavy atom. The largest absolute Gasteiger partial charge is 0.483 e. The Labute approximate surface area is 245 Å². The minimum atomic E-state index is -2.37. The van der Waals surface area contributed by atoms with E-state index < -0.39 is 33.8 Å². The molecule has 3 atom stereocenters. The number of pyridine rings is 1. The molecule has 0 spiro atoms. The maximum absolute atomic E-state index is 12.0. The van der Waals surface area contributed by atoms with Crippen molar-refractivity contribution in [2.45, 2.75) is 142 Å². The molecule has 40 heavy (non-hydrogen) atoms. The molecule has 0 aromatic carbocycles. The fourth-order valence-corrected chi connectivity index (χ4v) is 18.5. The second kappa shape index (κ2) is 13.9. The molecule has 2 rings (SSSR count). The molecule has 0 saturated carbocycles. The Morgan fingerprint density at radius 1 is 0.875 bits per heavy atom. The van der Waals surface area contributed by atoms with Crippen molar-refractivity contribution < 1.29 is 18.5 Å². The first-order chi connectivity index (χ1) is 18.6. The predicted molar refractivity (Wildman–Crippen MR) is 170 cm³/mol. The molecular formula is C31H54N2O5Si2. The zero-order chi connectivity index (χ0) is 30.6. The van der Waals surface area contributed by atoms with Crippen molar-refractivity contribution in [1.82, 2.24) is 4.98 Å². The summed E-state index contributed by atoms with van der Waals surface area (Å²) in [5.74, 6) is 0.451. The molecule has 0 amide bonds. The Hall–Kier alpha value is -1.82. The second-order valence-electron chi connectivity index (χ2n) is 13.1. The summed E-state index contributed by atoms with van der Waals surface area (Å²) in [5.41, 5.74) is 2.57. The van der Waals surface area contributed by atoms with Gasteiger partial charge in [-0.2, -0.15) is 0 Å². The Morgan fingerprint density at radius 3 is 1.77 bits per heavy atom. The Bertz CT molecular complexity index is 1010. The molecule has 226 valence electrons. The van der Waals surface area contributed by atoms with E-state index in [0.29, 0.717) is 44.6 Å². The first-order valence-electron chi connectivity index (χ1n) is 15.0. The number of nitro groups is 1. The molecule has 0 radical (unpaired) electrons. The third-order valence-electron chi connectivity index (χ3n) is 8.97.